The summed E-state index contributed by atoms with van der Waals surface area (Å²) in [6.07, 6.45) is 1.19. The number of aromatic nitrogens is 3. The fourth-order valence-electron chi connectivity index (χ4n) is 7.74. The zero-order chi connectivity index (χ0) is 83.9. The van der Waals surface area contributed by atoms with E-state index in [9.17, 15) is 41.9 Å². The molecule has 0 fully saturated rings. The van der Waals surface area contributed by atoms with Gasteiger partial charge in [0, 0.05) is 211 Å². The van der Waals surface area contributed by atoms with E-state index in [1.54, 1.807) is 75.4 Å². The minimum Gasteiger partial charge on any atom is -0.477 e. The average Bonchev–Trinajstić information content (AvgIpc) is 0.868. The van der Waals surface area contributed by atoms with Gasteiger partial charge in [0.1, 0.15) is 57.6 Å². The predicted molar refractivity (Wildman–Crippen MR) is 434 cm³/mol. The molecule has 9 rings (SSSR count). The number of carbonyl (C=O) groups is 6. The molecule has 19 radical (unpaired) electrons. The second kappa shape index (κ2) is 46.4. The first-order chi connectivity index (χ1) is 52.4. The number of hydrogen-bond donors (Lipinski definition) is 9. The van der Waals surface area contributed by atoms with Gasteiger partial charge in [0.2, 0.25) is 0 Å². The number of nitrogens with two attached hydrogens (primary N) is 1. The van der Waals surface area contributed by atoms with Crippen molar-refractivity contribution in [1.29, 1.82) is 0 Å². The summed E-state index contributed by atoms with van der Waals surface area (Å²) in [7, 11) is 48.6. The van der Waals surface area contributed by atoms with Gasteiger partial charge >= 0.3 is 30.0 Å². The van der Waals surface area contributed by atoms with Crippen molar-refractivity contribution < 1.29 is 74.2 Å². The number of anilines is 6. The minimum absolute atomic E-state index is 0. The second-order valence-electron chi connectivity index (χ2n) is 21.3. The van der Waals surface area contributed by atoms with Crippen molar-refractivity contribution in [3.05, 3.63) is 230 Å². The van der Waals surface area contributed by atoms with E-state index in [-0.39, 0.29) is 87.4 Å². The van der Waals surface area contributed by atoms with Crippen LogP contribution in [0.25, 0.3) is 0 Å². The first-order valence-electron chi connectivity index (χ1n) is 33.3. The number of nitrogens with zero attached hydrogens (tertiary/aromatic N) is 3. The van der Waals surface area contributed by atoms with Crippen molar-refractivity contribution in [2.45, 2.75) is 20.8 Å². The van der Waals surface area contributed by atoms with Crippen LogP contribution in [0.5, 0.6) is 34.5 Å². The molecule has 0 saturated carbocycles. The molecule has 0 aliphatic carbocycles. The Kier molecular flexibility index (Phi) is 35.3. The summed E-state index contributed by atoms with van der Waals surface area (Å²) < 4.78 is 104. The average molecular weight is 1510 g/mol. The van der Waals surface area contributed by atoms with Gasteiger partial charge in [0.05, 0.1) is 24.2 Å². The summed E-state index contributed by atoms with van der Waals surface area (Å²) in [5.41, 5.74) is 7.75. The number of pyridine rings is 3. The summed E-state index contributed by atoms with van der Waals surface area (Å²) in [6.45, 7) is 0.475. The lowest BCUT2D eigenvalue weighted by Gasteiger charge is -2.13. The molecule has 0 saturated heterocycles. The van der Waals surface area contributed by atoms with Crippen molar-refractivity contribution in [3.8, 4) is 34.5 Å². The molecular weight excluding hydrogens is 1450 g/mol. The zero-order valence-electron chi connectivity index (χ0n) is 62.9. The standard InChI is InChI=1S/C21H18ClFN4O3.C21H17ClFN3O4.C20H15ClFN3O4.CH5N.B8.B7.ClH/c1-12-9-13(3-5-16(12)22)26-21(29)27-18-6-4-14(10-17(18)23)30-15-7-8-25-19(11-15)20(28)24-2;1-12-9-13(3-5-16(12)22)25-21(28)26-18-6-4-14(10-17(18)23)30-15-7-8-24-19(11-15)20(27)29-2;1-11-8-12(2-4-15(11)21)24-20(28)25-17-5-3-13(9-16(17)22)29-14-6-7-23-18(10-14)19(26)27;1-2;1-6(2)8(5)7(3)4;1-5-7(4)6(2)3;/h3-11H,1-2H3,(H,24,28)(H2,26,27,29);3-11H,1-2H3,(H2,25,26,28);2-10H,1H3,(H,26,27)(H2,24,25,28);2H2,1H3;;;1H/i2D3;;;1D3;;;. The molecule has 22 nitrogen and oxygen atoms in total. The Morgan fingerprint density at radius 1 is 0.486 bits per heavy atom. The number of methoxy groups -OCH3 is 1. The highest BCUT2D eigenvalue weighted by Crippen LogP contribution is 2.31. The summed E-state index contributed by atoms with van der Waals surface area (Å²) in [5, 5.41) is 27.5. The van der Waals surface area contributed by atoms with E-state index in [1.807, 2.05) is 5.32 Å². The van der Waals surface area contributed by atoms with Crippen LogP contribution in [0.4, 0.5) is 61.7 Å². The minimum atomic E-state index is -2.67. The second-order valence-corrected chi connectivity index (χ2v) is 22.5. The SMILES string of the molecule is COC(=O)c1cc(Oc2ccc(NC(=O)Nc3ccc(Cl)c(C)c3)c(F)c2)ccn1.Cc1cc(NC(=O)Nc2ccc(Oc3ccnc(C(=O)O)c3)cc2F)ccc1Cl.Cl.[2H]C([2H])([2H])N.[2H]C([2H])([2H])NC(=O)c1cc(Oc2ccc(NC(=O)Nc3ccc(Cl)c(C)c3)c(F)c2)ccn1.[B]B([B])B([B])B([B])[B].[B][B]B([B])B([B])[B]. The van der Waals surface area contributed by atoms with Crippen LogP contribution >= 0.6 is 47.2 Å². The fourth-order valence-corrected chi connectivity index (χ4v) is 8.09. The van der Waals surface area contributed by atoms with Gasteiger partial charge in [-0.3, -0.25) is 9.78 Å². The van der Waals surface area contributed by atoms with E-state index in [0.717, 1.165) is 34.9 Å². The van der Waals surface area contributed by atoms with Crippen LogP contribution in [-0.2, 0) is 4.74 Å². The highest BCUT2D eigenvalue weighted by molar-refractivity contribution is 7.89. The Labute approximate surface area is 661 Å². The molecular formula is C63H56B15Cl4F3N11O11. The molecule has 7 amide bonds. The molecule has 0 spiro atoms. The lowest BCUT2D eigenvalue weighted by atomic mass is 8.68. The van der Waals surface area contributed by atoms with Crippen molar-refractivity contribution in [2.24, 2.45) is 5.73 Å². The van der Waals surface area contributed by atoms with Crippen molar-refractivity contribution in [2.75, 3.05) is 53.0 Å². The number of aryl methyl sites for hydroxylation is 3. The molecule has 10 N–H and O–H groups in total. The number of carboxylic acids is 1. The van der Waals surface area contributed by atoms with Crippen LogP contribution in [0.1, 0.15) is 56.4 Å². The Balaban J connectivity index is 0.000000389. The van der Waals surface area contributed by atoms with Crippen LogP contribution in [0, 0.1) is 38.2 Å². The monoisotopic (exact) mass is 1510 g/mol. The maximum Gasteiger partial charge on any atom is 0.356 e. The summed E-state index contributed by atoms with van der Waals surface area (Å²) >= 11 is 17.9. The van der Waals surface area contributed by atoms with Gasteiger partial charge < -0.3 is 67.0 Å². The fraction of sp³-hybridized carbons (Fsp3) is 0.0952. The summed E-state index contributed by atoms with van der Waals surface area (Å²) in [5.74, 6) is -3.92. The molecule has 0 atom stereocenters. The highest BCUT2D eigenvalue weighted by atomic mass is 35.5. The number of urea groups is 3. The lowest BCUT2D eigenvalue weighted by Crippen LogP contribution is -2.52. The third-order valence-electron chi connectivity index (χ3n) is 13.2. The molecule has 9 aromatic rings. The number of halogens is 7. The maximum absolute atomic E-state index is 14.5. The molecule has 3 heterocycles. The highest BCUT2D eigenvalue weighted by Gasteiger charge is 2.18. The predicted octanol–water partition coefficient (Wildman–Crippen LogP) is 9.99. The van der Waals surface area contributed by atoms with E-state index in [2.05, 4.69) is 57.3 Å². The zero-order valence-corrected chi connectivity index (χ0v) is 60.0. The number of nitrogens with one attached hydrogen (secondary N) is 7. The van der Waals surface area contributed by atoms with Crippen LogP contribution in [-0.4, -0.2) is 186 Å². The van der Waals surface area contributed by atoms with Crippen molar-refractivity contribution in [1.82, 2.24) is 20.3 Å². The molecule has 0 bridgehead atoms. The summed E-state index contributed by atoms with van der Waals surface area (Å²) in [4.78, 5) is 82.1. The molecule has 3 aromatic heterocycles. The van der Waals surface area contributed by atoms with Crippen LogP contribution < -0.4 is 57.2 Å². The van der Waals surface area contributed by atoms with E-state index < -0.39 is 92.9 Å². The lowest BCUT2D eigenvalue weighted by molar-refractivity contribution is 0.0592. The molecule has 0 aliphatic heterocycles. The Morgan fingerprint density at radius 2 is 0.804 bits per heavy atom. The normalized spacial score (nSPS) is 10.8. The van der Waals surface area contributed by atoms with Gasteiger partial charge in [-0.1, -0.05) is 34.8 Å². The Hall–Kier alpha value is -9.73. The summed E-state index contributed by atoms with van der Waals surface area (Å²) in [6, 6.07) is 32.7. The van der Waals surface area contributed by atoms with Crippen molar-refractivity contribution >= 4 is 226 Å². The molecule has 0 unspecified atom stereocenters. The van der Waals surface area contributed by atoms with Crippen LogP contribution in [0.15, 0.2) is 164 Å². The number of benzene rings is 6. The first-order valence-corrected chi connectivity index (χ1v) is 31.4. The largest absolute Gasteiger partial charge is 0.477 e. The van der Waals surface area contributed by atoms with Gasteiger partial charge in [0.25, 0.3) is 5.91 Å². The van der Waals surface area contributed by atoms with E-state index in [1.165, 1.54) is 106 Å². The number of hydrogen-bond acceptors (Lipinski definition) is 14. The molecule has 107 heavy (non-hydrogen) atoms. The number of amides is 7. The molecule has 44 heteroatoms. The van der Waals surface area contributed by atoms with Gasteiger partial charge in [0.15, 0.2) is 11.4 Å². The number of esters is 1. The van der Waals surface area contributed by atoms with Gasteiger partial charge in [-0.2, -0.15) is 0 Å². The molecule has 523 valence electrons. The van der Waals surface area contributed by atoms with E-state index in [4.69, 9.17) is 132 Å². The maximum atomic E-state index is 14.5. The third-order valence-corrected chi connectivity index (χ3v) is 14.5. The first kappa shape index (κ1) is 81.4. The number of rotatable bonds is 19. The topological polar surface area (TPSA) is 308 Å². The Morgan fingerprint density at radius 3 is 1.07 bits per heavy atom. The number of aromatic carboxylic acids is 1. The number of carbonyl (C=O) groups excluding carboxylic acids is 5. The number of ether oxygens (including phenoxy) is 4. The van der Waals surface area contributed by atoms with Crippen LogP contribution in [0.3, 0.4) is 0 Å². The van der Waals surface area contributed by atoms with Gasteiger partial charge in [-0.25, -0.2) is 47.1 Å². The Bertz CT molecular complexity index is 4730. The van der Waals surface area contributed by atoms with Gasteiger partial charge in [-0.05, 0) is 154 Å². The van der Waals surface area contributed by atoms with E-state index in [0.29, 0.717) is 32.1 Å². The van der Waals surface area contributed by atoms with Crippen molar-refractivity contribution in [3.63, 3.8) is 0 Å². The quantitative estimate of drug-likeness (QED) is 0.0269. The molecule has 0 aliphatic rings. The van der Waals surface area contributed by atoms with Crippen LogP contribution in [0.2, 0.25) is 15.1 Å². The van der Waals surface area contributed by atoms with Gasteiger partial charge in [-0.15, -0.1) is 12.4 Å². The smallest absolute Gasteiger partial charge is 0.356 e. The number of carboxylic acid groups (broad SMARTS) is 1. The van der Waals surface area contributed by atoms with E-state index >= 15 is 0 Å². The molecule has 6 aromatic carbocycles. The third kappa shape index (κ3) is 31.7.